The number of benzene rings is 2. The summed E-state index contributed by atoms with van der Waals surface area (Å²) in [6, 6.07) is 12.1. The molecule has 2 N–H and O–H groups in total. The number of rotatable bonds is 2. The van der Waals surface area contributed by atoms with Crippen molar-refractivity contribution in [1.29, 1.82) is 0 Å². The number of ether oxygens (including phenoxy) is 1. The molecule has 3 heteroatoms. The van der Waals surface area contributed by atoms with Crippen LogP contribution in [0.15, 0.2) is 42.5 Å². The molecule has 0 aromatic heterocycles. The molecule has 2 nitrogen and oxygen atoms in total. The highest BCUT2D eigenvalue weighted by atomic mass is 19.1. The van der Waals surface area contributed by atoms with Crippen molar-refractivity contribution >= 4 is 5.69 Å². The van der Waals surface area contributed by atoms with Crippen LogP contribution in [0.4, 0.5) is 10.1 Å². The SMILES string of the molecule is Cc1cc(Oc2ccccc2)c(N)cc1F. The van der Waals surface area contributed by atoms with Crippen LogP contribution >= 0.6 is 0 Å². The third-order valence-corrected chi connectivity index (χ3v) is 2.26. The third-order valence-electron chi connectivity index (χ3n) is 2.26. The topological polar surface area (TPSA) is 35.2 Å². The van der Waals surface area contributed by atoms with Crippen LogP contribution in [0.25, 0.3) is 0 Å². The zero-order valence-corrected chi connectivity index (χ0v) is 8.91. The van der Waals surface area contributed by atoms with Crippen LogP contribution in [0.3, 0.4) is 0 Å². The van der Waals surface area contributed by atoms with E-state index >= 15 is 0 Å². The van der Waals surface area contributed by atoms with Crippen molar-refractivity contribution in [3.05, 3.63) is 53.8 Å². The van der Waals surface area contributed by atoms with E-state index in [1.807, 2.05) is 30.3 Å². The Bertz CT molecular complexity index is 497. The lowest BCUT2D eigenvalue weighted by Gasteiger charge is -2.09. The van der Waals surface area contributed by atoms with Crippen LogP contribution in [-0.4, -0.2) is 0 Å². The molecule has 2 aromatic rings. The molecule has 0 saturated carbocycles. The second-order valence-electron chi connectivity index (χ2n) is 3.55. The van der Waals surface area contributed by atoms with Gasteiger partial charge in [0, 0.05) is 6.07 Å². The number of aryl methyl sites for hydroxylation is 1. The second-order valence-corrected chi connectivity index (χ2v) is 3.55. The maximum atomic E-state index is 13.2. The smallest absolute Gasteiger partial charge is 0.150 e. The van der Waals surface area contributed by atoms with Crippen molar-refractivity contribution in [3.8, 4) is 11.5 Å². The van der Waals surface area contributed by atoms with Crippen LogP contribution in [0.2, 0.25) is 0 Å². The lowest BCUT2D eigenvalue weighted by molar-refractivity contribution is 0.482. The predicted octanol–water partition coefficient (Wildman–Crippen LogP) is 3.51. The molecule has 2 aromatic carbocycles. The van der Waals surface area contributed by atoms with E-state index in [2.05, 4.69) is 0 Å². The van der Waals surface area contributed by atoms with E-state index in [0.29, 0.717) is 22.7 Å². The molecule has 0 fully saturated rings. The molecule has 16 heavy (non-hydrogen) atoms. The van der Waals surface area contributed by atoms with Gasteiger partial charge in [0.2, 0.25) is 0 Å². The first kappa shape index (κ1) is 10.5. The van der Waals surface area contributed by atoms with E-state index in [4.69, 9.17) is 10.5 Å². The quantitative estimate of drug-likeness (QED) is 0.781. The summed E-state index contributed by atoms with van der Waals surface area (Å²) in [5, 5.41) is 0. The van der Waals surface area contributed by atoms with Gasteiger partial charge in [0.1, 0.15) is 11.6 Å². The van der Waals surface area contributed by atoms with Gasteiger partial charge in [-0.3, -0.25) is 0 Å². The highest BCUT2D eigenvalue weighted by Crippen LogP contribution is 2.29. The van der Waals surface area contributed by atoms with Crippen molar-refractivity contribution in [1.82, 2.24) is 0 Å². The van der Waals surface area contributed by atoms with Gasteiger partial charge in [0.25, 0.3) is 0 Å². The minimum atomic E-state index is -0.321. The molecule has 0 amide bonds. The van der Waals surface area contributed by atoms with E-state index in [-0.39, 0.29) is 5.82 Å². The Hall–Kier alpha value is -2.03. The lowest BCUT2D eigenvalue weighted by atomic mass is 10.2. The van der Waals surface area contributed by atoms with E-state index < -0.39 is 0 Å². The Balaban J connectivity index is 2.32. The number of halogens is 1. The van der Waals surface area contributed by atoms with E-state index in [9.17, 15) is 4.39 Å². The molecule has 0 saturated heterocycles. The number of hydrogen-bond acceptors (Lipinski definition) is 2. The summed E-state index contributed by atoms with van der Waals surface area (Å²) in [5.74, 6) is 0.836. The number of nitrogens with two attached hydrogens (primary N) is 1. The van der Waals surface area contributed by atoms with Gasteiger partial charge in [-0.15, -0.1) is 0 Å². The summed E-state index contributed by atoms with van der Waals surface area (Å²) in [5.41, 5.74) is 6.49. The maximum Gasteiger partial charge on any atom is 0.150 e. The fourth-order valence-corrected chi connectivity index (χ4v) is 1.37. The largest absolute Gasteiger partial charge is 0.455 e. The Labute approximate surface area is 93.5 Å². The third kappa shape index (κ3) is 2.14. The highest BCUT2D eigenvalue weighted by molar-refractivity contribution is 5.55. The summed E-state index contributed by atoms with van der Waals surface area (Å²) < 4.78 is 18.7. The second kappa shape index (κ2) is 4.23. The Kier molecular flexibility index (Phi) is 2.77. The monoisotopic (exact) mass is 217 g/mol. The Morgan fingerprint density at radius 1 is 1.12 bits per heavy atom. The van der Waals surface area contributed by atoms with E-state index in [0.717, 1.165) is 0 Å². The van der Waals surface area contributed by atoms with Gasteiger partial charge in [-0.2, -0.15) is 0 Å². The first-order valence-corrected chi connectivity index (χ1v) is 4.95. The summed E-state index contributed by atoms with van der Waals surface area (Å²) in [6.45, 7) is 1.67. The van der Waals surface area contributed by atoms with Crippen molar-refractivity contribution in [2.24, 2.45) is 0 Å². The van der Waals surface area contributed by atoms with Crippen LogP contribution in [-0.2, 0) is 0 Å². The molecule has 82 valence electrons. The van der Waals surface area contributed by atoms with Gasteiger partial charge in [-0.1, -0.05) is 18.2 Å². The van der Waals surface area contributed by atoms with Gasteiger partial charge in [0.15, 0.2) is 5.75 Å². The molecule has 0 aliphatic carbocycles. The maximum absolute atomic E-state index is 13.2. The number of para-hydroxylation sites is 1. The Morgan fingerprint density at radius 3 is 2.50 bits per heavy atom. The minimum absolute atomic E-state index is 0.298. The van der Waals surface area contributed by atoms with Crippen LogP contribution in [0, 0.1) is 12.7 Å². The van der Waals surface area contributed by atoms with Crippen molar-refractivity contribution in [2.75, 3.05) is 5.73 Å². The van der Waals surface area contributed by atoms with Gasteiger partial charge in [0.05, 0.1) is 5.69 Å². The molecule has 0 atom stereocenters. The molecular weight excluding hydrogens is 205 g/mol. The van der Waals surface area contributed by atoms with Gasteiger partial charge in [-0.25, -0.2) is 4.39 Å². The summed E-state index contributed by atoms with van der Waals surface area (Å²) in [7, 11) is 0. The number of anilines is 1. The molecule has 2 rings (SSSR count). The predicted molar refractivity (Wildman–Crippen MR) is 62.1 cm³/mol. The standard InChI is InChI=1S/C13H12FNO/c1-9-7-13(12(15)8-11(9)14)16-10-5-3-2-4-6-10/h2-8H,15H2,1H3. The van der Waals surface area contributed by atoms with E-state index in [1.165, 1.54) is 6.07 Å². The molecule has 0 heterocycles. The van der Waals surface area contributed by atoms with Crippen LogP contribution in [0.5, 0.6) is 11.5 Å². The molecular formula is C13H12FNO. The van der Waals surface area contributed by atoms with Crippen molar-refractivity contribution in [3.63, 3.8) is 0 Å². The van der Waals surface area contributed by atoms with Crippen molar-refractivity contribution in [2.45, 2.75) is 6.92 Å². The van der Waals surface area contributed by atoms with Gasteiger partial charge in [-0.05, 0) is 30.7 Å². The average molecular weight is 217 g/mol. The molecule has 0 bridgehead atoms. The first-order valence-electron chi connectivity index (χ1n) is 4.95. The van der Waals surface area contributed by atoms with Gasteiger partial charge >= 0.3 is 0 Å². The number of hydrogen-bond donors (Lipinski definition) is 1. The molecule has 0 radical (unpaired) electrons. The normalized spacial score (nSPS) is 10.1. The molecule has 0 aliphatic heterocycles. The van der Waals surface area contributed by atoms with E-state index in [1.54, 1.807) is 13.0 Å². The zero-order valence-electron chi connectivity index (χ0n) is 8.91. The lowest BCUT2D eigenvalue weighted by Crippen LogP contribution is -1.95. The first-order chi connectivity index (χ1) is 7.66. The molecule has 0 aliphatic rings. The fraction of sp³-hybridized carbons (Fsp3) is 0.0769. The average Bonchev–Trinajstić information content (AvgIpc) is 2.27. The minimum Gasteiger partial charge on any atom is -0.455 e. The van der Waals surface area contributed by atoms with Gasteiger partial charge < -0.3 is 10.5 Å². The van der Waals surface area contributed by atoms with Crippen LogP contribution < -0.4 is 10.5 Å². The van der Waals surface area contributed by atoms with Crippen LogP contribution in [0.1, 0.15) is 5.56 Å². The number of nitrogen functional groups attached to an aromatic ring is 1. The summed E-state index contributed by atoms with van der Waals surface area (Å²) in [4.78, 5) is 0. The molecule has 0 spiro atoms. The Morgan fingerprint density at radius 2 is 1.81 bits per heavy atom. The molecule has 0 unspecified atom stereocenters. The highest BCUT2D eigenvalue weighted by Gasteiger charge is 2.06. The summed E-state index contributed by atoms with van der Waals surface area (Å²) >= 11 is 0. The zero-order chi connectivity index (χ0) is 11.5. The van der Waals surface area contributed by atoms with Crippen molar-refractivity contribution < 1.29 is 9.13 Å². The summed E-state index contributed by atoms with van der Waals surface area (Å²) in [6.07, 6.45) is 0. The fourth-order valence-electron chi connectivity index (χ4n) is 1.37.